The second-order valence-electron chi connectivity index (χ2n) is 18.0. The fraction of sp³-hybridized carbons (Fsp3) is 0.531. The Balaban J connectivity index is 1.25. The number of rotatable bonds is 30. The van der Waals surface area contributed by atoms with Gasteiger partial charge in [-0.3, -0.25) is 29.1 Å². The largest absolute Gasteiger partial charge is 0.744 e. The number of unbranched alkanes of at least 4 members (excludes halogenated alkanes) is 6. The minimum Gasteiger partial charge on any atom is -0.744 e. The molecule has 0 saturated heterocycles. The molecule has 0 aliphatic carbocycles. The molecule has 3 aliphatic rings. The maximum atomic E-state index is 12.6. The molecule has 2 aromatic carbocycles. The quantitative estimate of drug-likeness (QED) is 0.0187. The highest BCUT2D eigenvalue weighted by Crippen LogP contribution is 2.49. The molecule has 19 heteroatoms. The number of benzene rings is 2. The molecule has 2 N–H and O–H groups in total. The summed E-state index contributed by atoms with van der Waals surface area (Å²) in [5.74, 6) is -0.628. The Morgan fingerprint density at radius 2 is 1.44 bits per heavy atom. The summed E-state index contributed by atoms with van der Waals surface area (Å²) in [5, 5.41) is 20.1. The van der Waals surface area contributed by atoms with Crippen LogP contribution in [0.5, 0.6) is 0 Å². The number of nitrogens with zero attached hydrogens (tertiary/aromatic N) is 3. The fourth-order valence-corrected chi connectivity index (χ4v) is 9.77. The average molecular weight is 981 g/mol. The number of ether oxygens (including phenoxy) is 2. The van der Waals surface area contributed by atoms with Gasteiger partial charge in [-0.25, -0.2) is 8.42 Å². The lowest BCUT2D eigenvalue weighted by Crippen LogP contribution is -2.31. The molecule has 3 heterocycles. The zero-order valence-corrected chi connectivity index (χ0v) is 41.5. The molecule has 0 saturated carbocycles. The van der Waals surface area contributed by atoms with Gasteiger partial charge in [-0.05, 0) is 101 Å². The maximum Gasteiger partial charge on any atom is 0.253 e. The zero-order valence-electron chi connectivity index (χ0n) is 39.8. The molecule has 17 nitrogen and oxygen atoms in total. The van der Waals surface area contributed by atoms with Crippen LogP contribution in [0.25, 0.3) is 0 Å². The molecule has 0 bridgehead atoms. The Morgan fingerprint density at radius 3 is 2.12 bits per heavy atom. The Hall–Kier alpha value is -4.73. The summed E-state index contributed by atoms with van der Waals surface area (Å²) < 4.78 is 53.8. The normalized spacial score (nSPS) is 16.7. The van der Waals surface area contributed by atoms with E-state index in [1.165, 1.54) is 29.2 Å². The predicted molar refractivity (Wildman–Crippen MR) is 255 cm³/mol. The number of carbonyl (C=O) groups excluding carboxylic acids is 4. The van der Waals surface area contributed by atoms with E-state index in [-0.39, 0.29) is 28.5 Å². The lowest BCUT2D eigenvalue weighted by atomic mass is 9.81. The third kappa shape index (κ3) is 14.6. The van der Waals surface area contributed by atoms with E-state index in [4.69, 9.17) is 9.47 Å². The van der Waals surface area contributed by atoms with Gasteiger partial charge >= 0.3 is 0 Å². The van der Waals surface area contributed by atoms with Crippen LogP contribution in [0.4, 0.5) is 11.4 Å². The lowest BCUT2D eigenvalue weighted by Gasteiger charge is -2.27. The minimum absolute atomic E-state index is 0.0160. The zero-order chi connectivity index (χ0) is 49.3. The van der Waals surface area contributed by atoms with Gasteiger partial charge in [0.25, 0.3) is 11.8 Å². The first-order valence-electron chi connectivity index (χ1n) is 23.3. The summed E-state index contributed by atoms with van der Waals surface area (Å²) in [5.41, 5.74) is 4.40. The molecule has 4 amide bonds. The first-order chi connectivity index (χ1) is 32.5. The van der Waals surface area contributed by atoms with Crippen molar-refractivity contribution in [3.63, 3.8) is 0 Å². The minimum atomic E-state index is -4.70. The lowest BCUT2D eigenvalue weighted by molar-refractivity contribution is -0.777. The average Bonchev–Trinajstić information content (AvgIpc) is 3.81. The monoisotopic (exact) mass is 980 g/mol. The van der Waals surface area contributed by atoms with E-state index in [0.717, 1.165) is 90.9 Å². The van der Waals surface area contributed by atoms with Gasteiger partial charge in [0.2, 0.25) is 17.5 Å². The van der Waals surface area contributed by atoms with Gasteiger partial charge in [-0.1, -0.05) is 26.3 Å². The molecule has 2 aromatic rings. The number of carbonyl (C=O) groups is 4. The van der Waals surface area contributed by atoms with E-state index in [0.29, 0.717) is 83.1 Å². The van der Waals surface area contributed by atoms with Crippen molar-refractivity contribution in [3.8, 4) is 0 Å². The molecule has 3 aliphatic heterocycles. The van der Waals surface area contributed by atoms with Crippen LogP contribution in [-0.4, -0.2) is 111 Å². The SMILES string of the molecule is COCCOCCNC(=O)CCCCC[N+]1=C(C=CC=C2N(CCCCCC(=O)NCCCCCN3C(=O)C=CC3=O)c3ccc(S(=O)(=O)[O-])cc3C2(C)C)C(C)(C)c2cc(SOO[O-])ccc21. The topological polar surface area (TPSA) is 219 Å². The number of anilines is 1. The highest BCUT2D eigenvalue weighted by molar-refractivity contribution is 7.94. The van der Waals surface area contributed by atoms with Gasteiger partial charge in [0.05, 0.1) is 42.2 Å². The number of nitrogens with one attached hydrogen (secondary N) is 2. The van der Waals surface area contributed by atoms with E-state index in [9.17, 15) is 37.4 Å². The van der Waals surface area contributed by atoms with E-state index >= 15 is 0 Å². The first-order valence-corrected chi connectivity index (χ1v) is 25.5. The number of amides is 4. The third-order valence-electron chi connectivity index (χ3n) is 12.5. The summed E-state index contributed by atoms with van der Waals surface area (Å²) in [7, 11) is -3.09. The first kappa shape index (κ1) is 54.2. The van der Waals surface area contributed by atoms with Crippen LogP contribution >= 0.6 is 12.0 Å². The summed E-state index contributed by atoms with van der Waals surface area (Å²) in [6, 6.07) is 10.4. The molecular weight excluding hydrogens is 915 g/mol. The smallest absolute Gasteiger partial charge is 0.253 e. The van der Waals surface area contributed by atoms with Crippen molar-refractivity contribution >= 4 is 62.9 Å². The summed E-state index contributed by atoms with van der Waals surface area (Å²) in [6.45, 7) is 12.3. The summed E-state index contributed by atoms with van der Waals surface area (Å²) in [6.07, 6.45) is 16.2. The highest BCUT2D eigenvalue weighted by Gasteiger charge is 2.45. The Bertz CT molecular complexity index is 2330. The molecule has 0 aromatic heterocycles. The number of imide groups is 1. The number of allylic oxidation sites excluding steroid dienone is 4. The van der Waals surface area contributed by atoms with Crippen LogP contribution in [0.2, 0.25) is 0 Å². The number of hydrogen-bond donors (Lipinski definition) is 2. The number of hydrogen-bond acceptors (Lipinski definition) is 14. The van der Waals surface area contributed by atoms with Crippen molar-refractivity contribution in [2.75, 3.05) is 64.6 Å². The van der Waals surface area contributed by atoms with Crippen molar-refractivity contribution in [1.29, 1.82) is 0 Å². The second kappa shape index (κ2) is 25.8. The van der Waals surface area contributed by atoms with Gasteiger partial charge in [0.1, 0.15) is 16.7 Å². The molecular formula is C49H66N5O12S2-. The van der Waals surface area contributed by atoms with E-state index in [1.54, 1.807) is 13.2 Å². The van der Waals surface area contributed by atoms with Gasteiger partial charge < -0.3 is 34.8 Å². The van der Waals surface area contributed by atoms with Crippen LogP contribution in [0.15, 0.2) is 82.3 Å². The van der Waals surface area contributed by atoms with Gasteiger partial charge in [0, 0.05) is 104 Å². The summed E-state index contributed by atoms with van der Waals surface area (Å²) >= 11 is 0.835. The van der Waals surface area contributed by atoms with Crippen molar-refractivity contribution in [1.82, 2.24) is 15.5 Å². The Labute approximate surface area is 404 Å². The number of fused-ring (bicyclic) bond motifs is 2. The van der Waals surface area contributed by atoms with Crippen molar-refractivity contribution in [2.24, 2.45) is 0 Å². The Kier molecular flexibility index (Phi) is 20.5. The molecule has 0 spiro atoms. The molecule has 0 radical (unpaired) electrons. The van der Waals surface area contributed by atoms with Crippen molar-refractivity contribution in [3.05, 3.63) is 83.6 Å². The van der Waals surface area contributed by atoms with Crippen LogP contribution in [0, 0.1) is 0 Å². The summed E-state index contributed by atoms with van der Waals surface area (Å²) in [4.78, 5) is 52.4. The standard InChI is InChI=1S/C49H67N5O12S2/c1-48(2)38-34-36(67-66-65-59)20-22-40(38)52(28-12-7-10-19-45(56)51-27-31-64-33-32-63-5)42(48)16-15-17-43-49(3,4)39-35-37(68(60,61)62)21-23-41(39)53(43)29-13-6-9-18-44(55)50-26-11-8-14-30-54-46(57)24-25-47(54)58/h15-17,20-25,34-35H,6-14,18-19,26-33H2,1-5H3,(H3-,50,51,55,56,59,60,61,62)/p-1. The molecule has 0 unspecified atom stereocenters. The number of methoxy groups -OCH3 is 1. The van der Waals surface area contributed by atoms with E-state index in [1.807, 2.05) is 44.2 Å². The van der Waals surface area contributed by atoms with Crippen LogP contribution in [0.3, 0.4) is 0 Å². The van der Waals surface area contributed by atoms with Gasteiger partial charge in [-0.2, -0.15) is 8.91 Å². The van der Waals surface area contributed by atoms with Crippen LogP contribution < -0.4 is 20.8 Å². The fourth-order valence-electron chi connectivity index (χ4n) is 8.88. The molecule has 5 rings (SSSR count). The molecule has 372 valence electrons. The molecule has 68 heavy (non-hydrogen) atoms. The molecule has 0 fully saturated rings. The van der Waals surface area contributed by atoms with Crippen LogP contribution in [-0.2, 0) is 59.0 Å². The van der Waals surface area contributed by atoms with Crippen molar-refractivity contribution < 1.29 is 60.8 Å². The van der Waals surface area contributed by atoms with Crippen molar-refractivity contribution in [2.45, 2.75) is 119 Å². The van der Waals surface area contributed by atoms with Crippen LogP contribution in [0.1, 0.15) is 109 Å². The Morgan fingerprint density at radius 1 is 0.779 bits per heavy atom. The highest BCUT2D eigenvalue weighted by atomic mass is 32.2. The maximum absolute atomic E-state index is 12.6. The molecule has 0 atom stereocenters. The third-order valence-corrected chi connectivity index (χ3v) is 13.9. The van der Waals surface area contributed by atoms with E-state index < -0.39 is 20.9 Å². The van der Waals surface area contributed by atoms with Gasteiger partial charge in [0.15, 0.2) is 5.71 Å². The second-order valence-corrected chi connectivity index (χ2v) is 20.2. The predicted octanol–water partition coefficient (Wildman–Crippen LogP) is 5.55. The van der Waals surface area contributed by atoms with E-state index in [2.05, 4.69) is 49.4 Å². The van der Waals surface area contributed by atoms with Gasteiger partial charge in [-0.15, -0.1) is 0 Å².